The molecular formula is C15H23N3O3. The van der Waals surface area contributed by atoms with Gasteiger partial charge in [0.1, 0.15) is 5.41 Å². The number of ether oxygens (including phenoxy) is 2. The minimum absolute atomic E-state index is 0.0406. The molecule has 21 heavy (non-hydrogen) atoms. The SMILES string of the molecule is N#CC1(C(=O)NCC2CN3CCCC3CO2)CCOCC1. The number of fused-ring (bicyclic) bond motifs is 1. The van der Waals surface area contributed by atoms with Gasteiger partial charge in [0.15, 0.2) is 0 Å². The van der Waals surface area contributed by atoms with E-state index in [2.05, 4.69) is 16.3 Å². The molecule has 1 amide bonds. The number of rotatable bonds is 3. The largest absolute Gasteiger partial charge is 0.381 e. The summed E-state index contributed by atoms with van der Waals surface area (Å²) < 4.78 is 11.1. The molecule has 0 spiro atoms. The molecule has 0 aromatic rings. The standard InChI is InChI=1S/C15H23N3O3/c16-11-15(3-6-20-7-4-15)14(19)17-8-13-9-18-5-1-2-12(18)10-21-13/h12-13H,1-10H2,(H,17,19). The first-order valence-corrected chi connectivity index (χ1v) is 7.86. The Kier molecular flexibility index (Phi) is 4.43. The van der Waals surface area contributed by atoms with E-state index in [0.29, 0.717) is 38.6 Å². The molecule has 3 saturated heterocycles. The Balaban J connectivity index is 1.50. The van der Waals surface area contributed by atoms with Crippen LogP contribution >= 0.6 is 0 Å². The zero-order valence-corrected chi connectivity index (χ0v) is 12.3. The van der Waals surface area contributed by atoms with Gasteiger partial charge in [-0.25, -0.2) is 0 Å². The monoisotopic (exact) mass is 293 g/mol. The molecule has 2 atom stereocenters. The quantitative estimate of drug-likeness (QED) is 0.809. The molecule has 6 heteroatoms. The van der Waals surface area contributed by atoms with Crippen molar-refractivity contribution in [2.45, 2.75) is 37.8 Å². The number of amides is 1. The lowest BCUT2D eigenvalue weighted by Gasteiger charge is -2.36. The van der Waals surface area contributed by atoms with Gasteiger partial charge in [-0.15, -0.1) is 0 Å². The fraction of sp³-hybridized carbons (Fsp3) is 0.867. The Labute approximate surface area is 125 Å². The lowest BCUT2D eigenvalue weighted by atomic mass is 9.81. The van der Waals surface area contributed by atoms with Gasteiger partial charge in [0.05, 0.1) is 18.8 Å². The van der Waals surface area contributed by atoms with E-state index < -0.39 is 5.41 Å². The second kappa shape index (κ2) is 6.30. The summed E-state index contributed by atoms with van der Waals surface area (Å²) in [5.74, 6) is -0.166. The summed E-state index contributed by atoms with van der Waals surface area (Å²) in [5, 5.41) is 12.3. The van der Waals surface area contributed by atoms with Crippen LogP contribution in [0, 0.1) is 16.7 Å². The number of hydrogen-bond donors (Lipinski definition) is 1. The number of carbonyl (C=O) groups is 1. The molecule has 116 valence electrons. The molecule has 0 radical (unpaired) electrons. The van der Waals surface area contributed by atoms with Crippen molar-refractivity contribution in [3.05, 3.63) is 0 Å². The molecule has 0 aromatic carbocycles. The van der Waals surface area contributed by atoms with Gasteiger partial charge in [-0.05, 0) is 32.2 Å². The molecular weight excluding hydrogens is 270 g/mol. The van der Waals surface area contributed by atoms with Crippen molar-refractivity contribution in [2.24, 2.45) is 5.41 Å². The summed E-state index contributed by atoms with van der Waals surface area (Å²) in [6.07, 6.45) is 3.46. The summed E-state index contributed by atoms with van der Waals surface area (Å²) in [4.78, 5) is 14.8. The molecule has 0 aliphatic carbocycles. The van der Waals surface area contributed by atoms with Crippen molar-refractivity contribution < 1.29 is 14.3 Å². The maximum Gasteiger partial charge on any atom is 0.240 e. The van der Waals surface area contributed by atoms with Gasteiger partial charge >= 0.3 is 0 Å². The number of morpholine rings is 1. The van der Waals surface area contributed by atoms with Crippen LogP contribution in [-0.2, 0) is 14.3 Å². The van der Waals surface area contributed by atoms with E-state index in [0.717, 1.165) is 19.7 Å². The number of nitrogens with zero attached hydrogens (tertiary/aromatic N) is 2. The lowest BCUT2D eigenvalue weighted by molar-refractivity contribution is -0.133. The van der Waals surface area contributed by atoms with Crippen LogP contribution < -0.4 is 5.32 Å². The Bertz CT molecular complexity index is 428. The molecule has 3 fully saturated rings. The van der Waals surface area contributed by atoms with E-state index in [9.17, 15) is 10.1 Å². The van der Waals surface area contributed by atoms with E-state index in [1.807, 2.05) is 0 Å². The molecule has 2 unspecified atom stereocenters. The van der Waals surface area contributed by atoms with E-state index in [-0.39, 0.29) is 12.0 Å². The zero-order valence-electron chi connectivity index (χ0n) is 12.3. The van der Waals surface area contributed by atoms with Crippen LogP contribution in [0.1, 0.15) is 25.7 Å². The van der Waals surface area contributed by atoms with Crippen LogP contribution in [0.4, 0.5) is 0 Å². The maximum atomic E-state index is 12.4. The molecule has 3 rings (SSSR count). The van der Waals surface area contributed by atoms with Gasteiger partial charge in [0.25, 0.3) is 0 Å². The van der Waals surface area contributed by atoms with Crippen LogP contribution in [0.25, 0.3) is 0 Å². The molecule has 3 aliphatic rings. The van der Waals surface area contributed by atoms with Crippen LogP contribution in [0.5, 0.6) is 0 Å². The molecule has 0 saturated carbocycles. The summed E-state index contributed by atoms with van der Waals surface area (Å²) in [6, 6.07) is 2.77. The summed E-state index contributed by atoms with van der Waals surface area (Å²) in [7, 11) is 0. The first-order chi connectivity index (χ1) is 10.2. The van der Waals surface area contributed by atoms with E-state index in [1.165, 1.54) is 12.8 Å². The number of nitriles is 1. The summed E-state index contributed by atoms with van der Waals surface area (Å²) in [5.41, 5.74) is -0.914. The smallest absolute Gasteiger partial charge is 0.240 e. The van der Waals surface area contributed by atoms with Gasteiger partial charge in [0, 0.05) is 32.3 Å². The summed E-state index contributed by atoms with van der Waals surface area (Å²) >= 11 is 0. The average Bonchev–Trinajstić information content (AvgIpc) is 3.00. The highest BCUT2D eigenvalue weighted by Gasteiger charge is 2.41. The third kappa shape index (κ3) is 3.05. The highest BCUT2D eigenvalue weighted by Crippen LogP contribution is 2.30. The highest BCUT2D eigenvalue weighted by atomic mass is 16.5. The van der Waals surface area contributed by atoms with Gasteiger partial charge in [-0.2, -0.15) is 5.26 Å². The number of hydrogen-bond acceptors (Lipinski definition) is 5. The van der Waals surface area contributed by atoms with Crippen molar-refractivity contribution in [1.29, 1.82) is 5.26 Å². The van der Waals surface area contributed by atoms with Crippen LogP contribution in [0.3, 0.4) is 0 Å². The predicted molar refractivity (Wildman–Crippen MR) is 75.4 cm³/mol. The molecule has 3 aliphatic heterocycles. The zero-order chi connectivity index (χ0) is 14.7. The van der Waals surface area contributed by atoms with Crippen molar-refractivity contribution >= 4 is 5.91 Å². The first-order valence-electron chi connectivity index (χ1n) is 7.86. The van der Waals surface area contributed by atoms with Gasteiger partial charge < -0.3 is 14.8 Å². The third-order valence-electron chi connectivity index (χ3n) is 4.95. The van der Waals surface area contributed by atoms with Crippen molar-refractivity contribution in [1.82, 2.24) is 10.2 Å². The summed E-state index contributed by atoms with van der Waals surface area (Å²) in [6.45, 7) is 4.24. The van der Waals surface area contributed by atoms with Gasteiger partial charge in [-0.3, -0.25) is 9.69 Å². The van der Waals surface area contributed by atoms with Crippen molar-refractivity contribution in [3.63, 3.8) is 0 Å². The van der Waals surface area contributed by atoms with E-state index in [1.54, 1.807) is 0 Å². The second-order valence-electron chi connectivity index (χ2n) is 6.26. The fourth-order valence-electron chi connectivity index (χ4n) is 3.49. The van der Waals surface area contributed by atoms with Crippen LogP contribution in [-0.4, -0.2) is 62.4 Å². The molecule has 0 aromatic heterocycles. The minimum Gasteiger partial charge on any atom is -0.381 e. The molecule has 0 bridgehead atoms. The first kappa shape index (κ1) is 14.8. The van der Waals surface area contributed by atoms with E-state index >= 15 is 0 Å². The van der Waals surface area contributed by atoms with Crippen LogP contribution in [0.15, 0.2) is 0 Å². The number of nitrogens with one attached hydrogen (secondary N) is 1. The van der Waals surface area contributed by atoms with Gasteiger partial charge in [-0.1, -0.05) is 0 Å². The predicted octanol–water partition coefficient (Wildman–Crippen LogP) is 0.286. The Morgan fingerprint density at radius 1 is 1.43 bits per heavy atom. The third-order valence-corrected chi connectivity index (χ3v) is 4.95. The number of carbonyl (C=O) groups excluding carboxylic acids is 1. The van der Waals surface area contributed by atoms with Gasteiger partial charge in [0.2, 0.25) is 5.91 Å². The fourth-order valence-corrected chi connectivity index (χ4v) is 3.49. The molecule has 3 heterocycles. The highest BCUT2D eigenvalue weighted by molar-refractivity contribution is 5.85. The Hall–Kier alpha value is -1.16. The topological polar surface area (TPSA) is 74.6 Å². The normalized spacial score (nSPS) is 32.1. The molecule has 6 nitrogen and oxygen atoms in total. The lowest BCUT2D eigenvalue weighted by Crippen LogP contribution is -2.52. The van der Waals surface area contributed by atoms with Crippen LogP contribution in [0.2, 0.25) is 0 Å². The van der Waals surface area contributed by atoms with E-state index in [4.69, 9.17) is 9.47 Å². The molecule has 1 N–H and O–H groups in total. The Morgan fingerprint density at radius 2 is 2.24 bits per heavy atom. The maximum absolute atomic E-state index is 12.4. The van der Waals surface area contributed by atoms with Crippen molar-refractivity contribution in [2.75, 3.05) is 39.5 Å². The van der Waals surface area contributed by atoms with Crippen molar-refractivity contribution in [3.8, 4) is 6.07 Å². The second-order valence-corrected chi connectivity index (χ2v) is 6.26. The Morgan fingerprint density at radius 3 is 3.00 bits per heavy atom. The minimum atomic E-state index is -0.914. The average molecular weight is 293 g/mol.